The molecule has 1 heterocycles. The van der Waals surface area contributed by atoms with Gasteiger partial charge in [-0.25, -0.2) is 4.99 Å². The molecule has 0 aliphatic carbocycles. The molecule has 1 fully saturated rings. The minimum Gasteiger partial charge on any atom is -0.494 e. The lowest BCUT2D eigenvalue weighted by Crippen LogP contribution is -2.43. The van der Waals surface area contributed by atoms with Gasteiger partial charge in [-0.1, -0.05) is 64.7 Å². The van der Waals surface area contributed by atoms with Crippen LogP contribution in [0.25, 0.3) is 0 Å². The van der Waals surface area contributed by atoms with E-state index in [0.717, 1.165) is 49.9 Å². The fourth-order valence-corrected chi connectivity index (χ4v) is 3.17. The lowest BCUT2D eigenvalue weighted by molar-refractivity contribution is 0.304. The molecule has 4 heteroatoms. The van der Waals surface area contributed by atoms with Gasteiger partial charge in [-0.3, -0.25) is 0 Å². The van der Waals surface area contributed by atoms with Crippen molar-refractivity contribution in [3.63, 3.8) is 0 Å². The van der Waals surface area contributed by atoms with Crippen molar-refractivity contribution in [1.29, 1.82) is 0 Å². The van der Waals surface area contributed by atoms with Crippen molar-refractivity contribution in [3.8, 4) is 5.75 Å². The van der Waals surface area contributed by atoms with E-state index in [9.17, 15) is 0 Å². The first-order valence-corrected chi connectivity index (χ1v) is 10.7. The van der Waals surface area contributed by atoms with Gasteiger partial charge in [0.15, 0.2) is 5.96 Å². The molecule has 1 saturated heterocycles. The Balaban J connectivity index is 1.49. The number of guanidine groups is 1. The molecule has 0 amide bonds. The van der Waals surface area contributed by atoms with Gasteiger partial charge in [-0.15, -0.1) is 0 Å². The molecule has 0 unspecified atom stereocenters. The second kappa shape index (κ2) is 13.5. The van der Waals surface area contributed by atoms with Crippen LogP contribution < -0.4 is 15.4 Å². The van der Waals surface area contributed by atoms with Crippen molar-refractivity contribution in [3.05, 3.63) is 24.3 Å². The topological polar surface area (TPSA) is 45.6 Å². The lowest BCUT2D eigenvalue weighted by Gasteiger charge is -2.17. The molecule has 26 heavy (non-hydrogen) atoms. The highest BCUT2D eigenvalue weighted by Crippen LogP contribution is 2.19. The van der Waals surface area contributed by atoms with E-state index in [2.05, 4.69) is 22.5 Å². The summed E-state index contributed by atoms with van der Waals surface area (Å²) in [4.78, 5) is 4.56. The number of nitrogens with one attached hydrogen (secondary N) is 2. The molecule has 146 valence electrons. The molecule has 2 N–H and O–H groups in total. The summed E-state index contributed by atoms with van der Waals surface area (Å²) in [5, 5.41) is 6.53. The summed E-state index contributed by atoms with van der Waals surface area (Å²) in [5.74, 6) is 1.81. The van der Waals surface area contributed by atoms with Crippen LogP contribution in [0.4, 0.5) is 5.69 Å². The minimum atomic E-state index is 0.813. The highest BCUT2D eigenvalue weighted by atomic mass is 16.5. The molecule has 4 nitrogen and oxygen atoms in total. The van der Waals surface area contributed by atoms with Gasteiger partial charge in [-0.2, -0.15) is 0 Å². The van der Waals surface area contributed by atoms with Gasteiger partial charge in [0, 0.05) is 13.1 Å². The quantitative estimate of drug-likeness (QED) is 0.453. The lowest BCUT2D eigenvalue weighted by atomic mass is 10.1. The molecule has 0 aromatic heterocycles. The molecule has 0 atom stereocenters. The Hall–Kier alpha value is -1.71. The number of nitrogens with zero attached hydrogens (tertiary/aromatic N) is 1. The van der Waals surface area contributed by atoms with Crippen molar-refractivity contribution in [1.82, 2.24) is 10.6 Å². The third-order valence-electron chi connectivity index (χ3n) is 4.78. The third-order valence-corrected chi connectivity index (χ3v) is 4.78. The summed E-state index contributed by atoms with van der Waals surface area (Å²) in [7, 11) is 0. The van der Waals surface area contributed by atoms with Gasteiger partial charge < -0.3 is 15.4 Å². The van der Waals surface area contributed by atoms with E-state index in [1.54, 1.807) is 0 Å². The zero-order chi connectivity index (χ0) is 18.3. The maximum atomic E-state index is 5.84. The Bertz CT molecular complexity index is 491. The SMILES string of the molecule is CCCCCCCCCCCCOc1ccc(N=C2NCCCN2)cc1. The first-order valence-electron chi connectivity index (χ1n) is 10.7. The minimum absolute atomic E-state index is 0.813. The molecule has 0 spiro atoms. The van der Waals surface area contributed by atoms with Crippen LogP contribution >= 0.6 is 0 Å². The Morgan fingerprint density at radius 2 is 1.38 bits per heavy atom. The van der Waals surface area contributed by atoms with Crippen LogP contribution in [0.2, 0.25) is 0 Å². The zero-order valence-corrected chi connectivity index (χ0v) is 16.6. The largest absolute Gasteiger partial charge is 0.494 e. The van der Waals surface area contributed by atoms with Crippen LogP contribution in [0.1, 0.15) is 77.6 Å². The number of hydrogen-bond donors (Lipinski definition) is 2. The molecular weight excluding hydrogens is 322 g/mol. The van der Waals surface area contributed by atoms with Gasteiger partial charge in [-0.05, 0) is 37.1 Å². The van der Waals surface area contributed by atoms with Crippen molar-refractivity contribution in [2.75, 3.05) is 19.7 Å². The van der Waals surface area contributed by atoms with Crippen LogP contribution in [0.15, 0.2) is 29.3 Å². The van der Waals surface area contributed by atoms with Crippen LogP contribution in [0.3, 0.4) is 0 Å². The Morgan fingerprint density at radius 1 is 0.808 bits per heavy atom. The van der Waals surface area contributed by atoms with Gasteiger partial charge in [0.1, 0.15) is 5.75 Å². The number of rotatable bonds is 13. The second-order valence-electron chi connectivity index (χ2n) is 7.19. The summed E-state index contributed by atoms with van der Waals surface area (Å²) in [6.07, 6.45) is 14.7. The molecule has 2 rings (SSSR count). The standard InChI is InChI=1S/C22H37N3O/c1-2-3-4-5-6-7-8-9-10-11-19-26-21-15-13-20(14-16-21)25-22-23-17-12-18-24-22/h13-16H,2-12,17-19H2,1H3,(H2,23,24,25). The Kier molecular flexibility index (Phi) is 10.7. The van der Waals surface area contributed by atoms with E-state index in [1.165, 1.54) is 57.8 Å². The van der Waals surface area contributed by atoms with E-state index in [4.69, 9.17) is 4.74 Å². The number of unbranched alkanes of at least 4 members (excludes halogenated alkanes) is 9. The molecular formula is C22H37N3O. The Labute approximate surface area is 159 Å². The highest BCUT2D eigenvalue weighted by molar-refractivity contribution is 5.83. The number of ether oxygens (including phenoxy) is 1. The Morgan fingerprint density at radius 3 is 2.00 bits per heavy atom. The zero-order valence-electron chi connectivity index (χ0n) is 16.6. The summed E-state index contributed by atoms with van der Waals surface area (Å²) in [6.45, 7) is 5.07. The van der Waals surface area contributed by atoms with Crippen molar-refractivity contribution in [2.45, 2.75) is 77.6 Å². The van der Waals surface area contributed by atoms with Crippen LogP contribution in [-0.2, 0) is 0 Å². The van der Waals surface area contributed by atoms with E-state index < -0.39 is 0 Å². The monoisotopic (exact) mass is 359 g/mol. The van der Waals surface area contributed by atoms with Crippen molar-refractivity contribution in [2.24, 2.45) is 4.99 Å². The van der Waals surface area contributed by atoms with Crippen LogP contribution in [0.5, 0.6) is 5.75 Å². The average molecular weight is 360 g/mol. The maximum absolute atomic E-state index is 5.84. The highest BCUT2D eigenvalue weighted by Gasteiger charge is 2.04. The molecule has 0 radical (unpaired) electrons. The van der Waals surface area contributed by atoms with Crippen molar-refractivity contribution < 1.29 is 4.74 Å². The predicted molar refractivity (Wildman–Crippen MR) is 111 cm³/mol. The number of aliphatic imine (C=N–C) groups is 1. The first kappa shape index (κ1) is 20.6. The van der Waals surface area contributed by atoms with E-state index in [0.29, 0.717) is 0 Å². The normalized spacial score (nSPS) is 13.8. The summed E-state index contributed by atoms with van der Waals surface area (Å²) in [6, 6.07) is 8.05. The summed E-state index contributed by atoms with van der Waals surface area (Å²) >= 11 is 0. The number of hydrogen-bond acceptors (Lipinski definition) is 2. The average Bonchev–Trinajstić information content (AvgIpc) is 2.68. The van der Waals surface area contributed by atoms with Gasteiger partial charge in [0.2, 0.25) is 0 Å². The number of benzene rings is 1. The molecule has 0 bridgehead atoms. The third kappa shape index (κ3) is 9.12. The predicted octanol–water partition coefficient (Wildman–Crippen LogP) is 5.56. The maximum Gasteiger partial charge on any atom is 0.196 e. The fourth-order valence-electron chi connectivity index (χ4n) is 3.17. The smallest absolute Gasteiger partial charge is 0.196 e. The summed E-state index contributed by atoms with van der Waals surface area (Å²) < 4.78 is 5.84. The first-order chi connectivity index (χ1) is 12.9. The molecule has 0 saturated carbocycles. The molecule has 1 aromatic carbocycles. The van der Waals surface area contributed by atoms with E-state index >= 15 is 0 Å². The molecule has 1 aliphatic rings. The fraction of sp³-hybridized carbons (Fsp3) is 0.682. The second-order valence-corrected chi connectivity index (χ2v) is 7.19. The molecule has 1 aliphatic heterocycles. The van der Waals surface area contributed by atoms with Gasteiger partial charge in [0.05, 0.1) is 12.3 Å². The van der Waals surface area contributed by atoms with E-state index in [1.807, 2.05) is 24.3 Å². The van der Waals surface area contributed by atoms with Gasteiger partial charge in [0.25, 0.3) is 0 Å². The molecule has 1 aromatic rings. The van der Waals surface area contributed by atoms with Crippen LogP contribution in [-0.4, -0.2) is 25.7 Å². The van der Waals surface area contributed by atoms with E-state index in [-0.39, 0.29) is 0 Å². The van der Waals surface area contributed by atoms with Gasteiger partial charge >= 0.3 is 0 Å². The van der Waals surface area contributed by atoms with Crippen LogP contribution in [0, 0.1) is 0 Å². The summed E-state index contributed by atoms with van der Waals surface area (Å²) in [5.41, 5.74) is 0.952. The van der Waals surface area contributed by atoms with Crippen molar-refractivity contribution >= 4 is 11.6 Å².